The number of aliphatic hydroxyl groups excluding tert-OH is 6. The van der Waals surface area contributed by atoms with Crippen LogP contribution in [0.3, 0.4) is 0 Å². The van der Waals surface area contributed by atoms with Gasteiger partial charge in [0.05, 0.1) is 12.7 Å². The van der Waals surface area contributed by atoms with Gasteiger partial charge in [0.1, 0.15) is 36.6 Å². The van der Waals surface area contributed by atoms with E-state index >= 15 is 0 Å². The fraction of sp³-hybridized carbons (Fsp3) is 1.00. The van der Waals surface area contributed by atoms with E-state index in [1.165, 1.54) is 6.92 Å². The molecule has 0 spiro atoms. The van der Waals surface area contributed by atoms with E-state index in [2.05, 4.69) is 0 Å². The number of aliphatic hydroxyl groups is 6. The van der Waals surface area contributed by atoms with E-state index in [9.17, 15) is 30.6 Å². The lowest BCUT2D eigenvalue weighted by molar-refractivity contribution is -0.346. The van der Waals surface area contributed by atoms with Crippen LogP contribution in [-0.2, 0) is 14.2 Å². The molecule has 0 aromatic heterocycles. The minimum absolute atomic E-state index is 0.276. The van der Waals surface area contributed by atoms with Crippen LogP contribution in [0, 0.1) is 0 Å². The summed E-state index contributed by atoms with van der Waals surface area (Å²) in [5, 5.41) is 57.7. The monoisotopic (exact) mass is 296 g/mol. The van der Waals surface area contributed by atoms with Gasteiger partial charge in [-0.3, -0.25) is 0 Å². The van der Waals surface area contributed by atoms with E-state index in [-0.39, 0.29) is 6.61 Å². The van der Waals surface area contributed by atoms with Gasteiger partial charge in [-0.1, -0.05) is 0 Å². The Hall–Kier alpha value is -0.360. The molecule has 9 heteroatoms. The van der Waals surface area contributed by atoms with Crippen molar-refractivity contribution in [3.8, 4) is 0 Å². The summed E-state index contributed by atoms with van der Waals surface area (Å²) in [5.41, 5.74) is 0. The fourth-order valence-electron chi connectivity index (χ4n) is 2.22. The van der Waals surface area contributed by atoms with Crippen LogP contribution in [0.4, 0.5) is 0 Å². The highest BCUT2D eigenvalue weighted by Gasteiger charge is 2.47. The lowest BCUT2D eigenvalue weighted by Crippen LogP contribution is -2.61. The van der Waals surface area contributed by atoms with Crippen LogP contribution >= 0.6 is 0 Å². The minimum Gasteiger partial charge on any atom is -0.388 e. The number of hydrogen-bond acceptors (Lipinski definition) is 9. The Balaban J connectivity index is 2.01. The average Bonchev–Trinajstić information content (AvgIpc) is 2.41. The zero-order valence-electron chi connectivity index (χ0n) is 10.8. The van der Waals surface area contributed by atoms with Crippen molar-refractivity contribution in [3.63, 3.8) is 0 Å². The van der Waals surface area contributed by atoms with E-state index in [1.807, 2.05) is 0 Å². The van der Waals surface area contributed by atoms with Crippen LogP contribution in [0.2, 0.25) is 0 Å². The maximum atomic E-state index is 9.85. The topological polar surface area (TPSA) is 149 Å². The van der Waals surface area contributed by atoms with Crippen molar-refractivity contribution in [1.29, 1.82) is 0 Å². The third-order valence-corrected chi connectivity index (χ3v) is 3.55. The zero-order valence-corrected chi connectivity index (χ0v) is 10.8. The van der Waals surface area contributed by atoms with Crippen molar-refractivity contribution in [2.45, 2.75) is 62.2 Å². The molecule has 0 amide bonds. The van der Waals surface area contributed by atoms with Crippen molar-refractivity contribution in [3.05, 3.63) is 0 Å². The summed E-state index contributed by atoms with van der Waals surface area (Å²) in [7, 11) is 0. The molecule has 1 unspecified atom stereocenters. The third-order valence-electron chi connectivity index (χ3n) is 3.55. The van der Waals surface area contributed by atoms with Gasteiger partial charge in [0.25, 0.3) is 0 Å². The van der Waals surface area contributed by atoms with Gasteiger partial charge in [-0.05, 0) is 6.92 Å². The van der Waals surface area contributed by atoms with Crippen molar-refractivity contribution in [1.82, 2.24) is 0 Å². The molecule has 0 radical (unpaired) electrons. The molecule has 0 aliphatic carbocycles. The average molecular weight is 296 g/mol. The molecule has 118 valence electrons. The predicted octanol–water partition coefficient (Wildman–Crippen LogP) is -3.73. The van der Waals surface area contributed by atoms with Crippen molar-refractivity contribution >= 4 is 0 Å². The van der Waals surface area contributed by atoms with Gasteiger partial charge in [0.2, 0.25) is 0 Å². The molecule has 0 aromatic rings. The lowest BCUT2D eigenvalue weighted by Gasteiger charge is -2.42. The highest BCUT2D eigenvalue weighted by molar-refractivity contribution is 4.90. The molecule has 2 heterocycles. The first kappa shape index (κ1) is 16.0. The number of ether oxygens (including phenoxy) is 3. The molecule has 6 N–H and O–H groups in total. The van der Waals surface area contributed by atoms with E-state index in [4.69, 9.17) is 14.2 Å². The van der Waals surface area contributed by atoms with Crippen molar-refractivity contribution in [2.75, 3.05) is 6.61 Å². The van der Waals surface area contributed by atoms with Gasteiger partial charge in [-0.2, -0.15) is 0 Å². The van der Waals surface area contributed by atoms with Gasteiger partial charge >= 0.3 is 0 Å². The number of rotatable bonds is 2. The molecule has 20 heavy (non-hydrogen) atoms. The smallest absolute Gasteiger partial charge is 0.186 e. The molecule has 2 aliphatic rings. The highest BCUT2D eigenvalue weighted by Crippen LogP contribution is 2.26. The molecular formula is C11H20O9. The molecule has 9 atom stereocenters. The van der Waals surface area contributed by atoms with Crippen LogP contribution in [0.15, 0.2) is 0 Å². The standard InChI is InChI=1S/C11H20O9/c1-3-5(13)7(15)9(10(17)19-3)20-11-8(16)6(14)4(12)2-18-11/h3-17H,2H2,1H3/t3-,4+,5+,6-,7+,8+,9-,10?,11-/m0/s1. The zero-order chi connectivity index (χ0) is 15.0. The van der Waals surface area contributed by atoms with Gasteiger partial charge in [-0.25, -0.2) is 0 Å². The highest BCUT2D eigenvalue weighted by atomic mass is 16.7. The van der Waals surface area contributed by atoms with Gasteiger partial charge in [0.15, 0.2) is 12.6 Å². The normalized spacial score (nSPS) is 53.9. The molecule has 2 rings (SSSR count). The van der Waals surface area contributed by atoms with Crippen molar-refractivity contribution in [2.24, 2.45) is 0 Å². The van der Waals surface area contributed by atoms with Crippen molar-refractivity contribution < 1.29 is 44.8 Å². The summed E-state index contributed by atoms with van der Waals surface area (Å²) in [5.74, 6) is 0. The van der Waals surface area contributed by atoms with E-state index in [1.54, 1.807) is 0 Å². The first-order chi connectivity index (χ1) is 9.32. The summed E-state index contributed by atoms with van der Waals surface area (Å²) in [6.45, 7) is 1.20. The van der Waals surface area contributed by atoms with E-state index in [0.29, 0.717) is 0 Å². The Bertz CT molecular complexity index is 327. The minimum atomic E-state index is -1.56. The molecule has 0 aromatic carbocycles. The van der Waals surface area contributed by atoms with Crippen LogP contribution in [0.25, 0.3) is 0 Å². The van der Waals surface area contributed by atoms with Gasteiger partial charge < -0.3 is 44.8 Å². The summed E-state index contributed by atoms with van der Waals surface area (Å²) in [6, 6.07) is 0. The summed E-state index contributed by atoms with van der Waals surface area (Å²) >= 11 is 0. The third kappa shape index (κ3) is 2.96. The van der Waals surface area contributed by atoms with Crippen LogP contribution < -0.4 is 0 Å². The summed E-state index contributed by atoms with van der Waals surface area (Å²) < 4.78 is 15.1. The second-order valence-corrected chi connectivity index (χ2v) is 5.06. The Labute approximate surface area is 114 Å². The molecule has 0 saturated carbocycles. The Morgan fingerprint density at radius 3 is 2.20 bits per heavy atom. The lowest BCUT2D eigenvalue weighted by atomic mass is 9.99. The van der Waals surface area contributed by atoms with Gasteiger partial charge in [0, 0.05) is 0 Å². The maximum absolute atomic E-state index is 9.85. The van der Waals surface area contributed by atoms with Crippen LogP contribution in [0.5, 0.6) is 0 Å². The first-order valence-electron chi connectivity index (χ1n) is 6.34. The molecule has 9 nitrogen and oxygen atoms in total. The van der Waals surface area contributed by atoms with E-state index < -0.39 is 55.3 Å². The molecule has 2 saturated heterocycles. The first-order valence-corrected chi connectivity index (χ1v) is 6.34. The summed E-state index contributed by atoms with van der Waals surface area (Å²) in [4.78, 5) is 0. The van der Waals surface area contributed by atoms with Crippen LogP contribution in [-0.4, -0.2) is 92.6 Å². The Morgan fingerprint density at radius 1 is 0.900 bits per heavy atom. The Kier molecular flexibility index (Phi) is 4.95. The molecule has 0 bridgehead atoms. The molecule has 2 aliphatic heterocycles. The fourth-order valence-corrected chi connectivity index (χ4v) is 2.22. The molecule has 2 fully saturated rings. The largest absolute Gasteiger partial charge is 0.388 e. The quantitative estimate of drug-likeness (QED) is 0.302. The Morgan fingerprint density at radius 2 is 1.55 bits per heavy atom. The second kappa shape index (κ2) is 6.18. The molecular weight excluding hydrogens is 276 g/mol. The van der Waals surface area contributed by atoms with Gasteiger partial charge in [-0.15, -0.1) is 0 Å². The predicted molar refractivity (Wildman–Crippen MR) is 61.2 cm³/mol. The number of hydrogen-bond donors (Lipinski definition) is 6. The maximum Gasteiger partial charge on any atom is 0.186 e. The summed E-state index contributed by atoms with van der Waals surface area (Å²) in [6.07, 6.45) is -12.1. The van der Waals surface area contributed by atoms with Crippen LogP contribution in [0.1, 0.15) is 6.92 Å². The SMILES string of the molecule is C[C@@H]1OC(O)[C@@H](O[C@@H]2OC[C@@H](O)[C@H](O)[C@H]2O)[C@H](O)[C@@H]1O. The van der Waals surface area contributed by atoms with E-state index in [0.717, 1.165) is 0 Å². The second-order valence-electron chi connectivity index (χ2n) is 5.06.